The number of benzene rings is 1. The summed E-state index contributed by atoms with van der Waals surface area (Å²) in [4.78, 5) is 2.34. The molecule has 30 heavy (non-hydrogen) atoms. The van der Waals surface area contributed by atoms with Crippen LogP contribution in [0.5, 0.6) is 5.75 Å². The van der Waals surface area contributed by atoms with Gasteiger partial charge in [-0.1, -0.05) is 46.8 Å². The fraction of sp³-hybridized carbons (Fsp3) is 0.727. The molecular weight excluding hydrogens is 409 g/mol. The highest BCUT2D eigenvalue weighted by atomic mass is 28.4. The van der Waals surface area contributed by atoms with Crippen LogP contribution in [-0.2, 0) is 4.43 Å². The Balaban J connectivity index is 2.07. The fourth-order valence-corrected chi connectivity index (χ4v) is 4.88. The molecule has 1 heterocycles. The molecule has 0 amide bonds. The Kier molecular flexibility index (Phi) is 8.04. The minimum absolute atomic E-state index is 0.0894. The van der Waals surface area contributed by atoms with Gasteiger partial charge in [0, 0.05) is 31.7 Å². The van der Waals surface area contributed by atoms with E-state index in [1.54, 1.807) is 6.07 Å². The topological polar surface area (TPSA) is 33.7 Å². The van der Waals surface area contributed by atoms with E-state index in [2.05, 4.69) is 48.8 Å². The average molecular weight is 447 g/mol. The molecule has 0 radical (unpaired) electrons. The van der Waals surface area contributed by atoms with Crippen LogP contribution in [0, 0.1) is 0 Å². The highest BCUT2D eigenvalue weighted by Crippen LogP contribution is 2.38. The van der Waals surface area contributed by atoms with Crippen LogP contribution in [-0.4, -0.2) is 51.4 Å². The molecule has 0 saturated carbocycles. The van der Waals surface area contributed by atoms with Crippen molar-refractivity contribution in [1.29, 1.82) is 0 Å². The Labute approximate surface area is 180 Å². The summed E-state index contributed by atoms with van der Waals surface area (Å²) in [6.07, 6.45) is -3.49. The number of halogens is 3. The van der Waals surface area contributed by atoms with Gasteiger partial charge >= 0.3 is 6.36 Å². The van der Waals surface area contributed by atoms with Gasteiger partial charge < -0.3 is 14.5 Å². The summed E-state index contributed by atoms with van der Waals surface area (Å²) in [5, 5.41) is 3.66. The first-order chi connectivity index (χ1) is 13.7. The van der Waals surface area contributed by atoms with E-state index >= 15 is 0 Å². The molecule has 172 valence electrons. The molecule has 0 unspecified atom stereocenters. The molecule has 1 saturated heterocycles. The smallest absolute Gasteiger partial charge is 0.413 e. The van der Waals surface area contributed by atoms with Crippen LogP contribution in [0.1, 0.15) is 52.6 Å². The molecule has 0 spiro atoms. The lowest BCUT2D eigenvalue weighted by atomic mass is 10.0. The first-order valence-electron chi connectivity index (χ1n) is 10.7. The van der Waals surface area contributed by atoms with Gasteiger partial charge in [-0.15, -0.1) is 13.2 Å². The second-order valence-electron chi connectivity index (χ2n) is 10.0. The van der Waals surface area contributed by atoms with Crippen LogP contribution in [0.3, 0.4) is 0 Å². The molecule has 0 bridgehead atoms. The monoisotopic (exact) mass is 446 g/mol. The summed E-state index contributed by atoms with van der Waals surface area (Å²) in [6.45, 7) is 17.8. The first-order valence-corrected chi connectivity index (χ1v) is 13.6. The van der Waals surface area contributed by atoms with Crippen molar-refractivity contribution in [2.45, 2.75) is 83.7 Å². The molecule has 0 aliphatic carbocycles. The van der Waals surface area contributed by atoms with Crippen LogP contribution in [0.15, 0.2) is 24.3 Å². The Bertz CT molecular complexity index is 690. The van der Waals surface area contributed by atoms with Crippen LogP contribution in [0.2, 0.25) is 18.1 Å². The molecule has 2 atom stereocenters. The molecule has 8 heteroatoms. The Morgan fingerprint density at radius 1 is 1.20 bits per heavy atom. The zero-order valence-corrected chi connectivity index (χ0v) is 20.3. The minimum atomic E-state index is -4.69. The lowest BCUT2D eigenvalue weighted by molar-refractivity contribution is -0.274. The highest BCUT2D eigenvalue weighted by molar-refractivity contribution is 6.74. The van der Waals surface area contributed by atoms with Crippen molar-refractivity contribution in [2.75, 3.05) is 19.6 Å². The van der Waals surface area contributed by atoms with Crippen molar-refractivity contribution in [3.63, 3.8) is 0 Å². The lowest BCUT2D eigenvalue weighted by Crippen LogP contribution is -2.45. The van der Waals surface area contributed by atoms with E-state index < -0.39 is 14.7 Å². The van der Waals surface area contributed by atoms with Crippen LogP contribution in [0.4, 0.5) is 13.2 Å². The number of alkyl halides is 3. The van der Waals surface area contributed by atoms with Crippen molar-refractivity contribution in [2.24, 2.45) is 0 Å². The van der Waals surface area contributed by atoms with E-state index in [9.17, 15) is 13.2 Å². The van der Waals surface area contributed by atoms with Crippen LogP contribution >= 0.6 is 0 Å². The molecule has 1 N–H and O–H groups in total. The number of nitrogens with one attached hydrogen (secondary N) is 1. The predicted octanol–water partition coefficient (Wildman–Crippen LogP) is 5.72. The molecule has 1 fully saturated rings. The molecule has 1 aliphatic rings. The van der Waals surface area contributed by atoms with Gasteiger partial charge in [0.05, 0.1) is 6.10 Å². The number of ether oxygens (including phenoxy) is 1. The van der Waals surface area contributed by atoms with E-state index in [4.69, 9.17) is 4.43 Å². The molecule has 2 rings (SSSR count). The van der Waals surface area contributed by atoms with Gasteiger partial charge in [-0.25, -0.2) is 0 Å². The van der Waals surface area contributed by atoms with Gasteiger partial charge in [0.25, 0.3) is 0 Å². The quantitative estimate of drug-likeness (QED) is 0.518. The summed E-state index contributed by atoms with van der Waals surface area (Å²) >= 11 is 0. The second kappa shape index (κ2) is 9.59. The maximum atomic E-state index is 12.6. The van der Waals surface area contributed by atoms with Crippen molar-refractivity contribution in [1.82, 2.24) is 10.2 Å². The number of hydrogen-bond acceptors (Lipinski definition) is 4. The third-order valence-corrected chi connectivity index (χ3v) is 10.5. The zero-order chi connectivity index (χ0) is 22.7. The third kappa shape index (κ3) is 7.55. The van der Waals surface area contributed by atoms with Crippen molar-refractivity contribution in [3.05, 3.63) is 29.8 Å². The highest BCUT2D eigenvalue weighted by Gasteiger charge is 2.40. The van der Waals surface area contributed by atoms with Crippen molar-refractivity contribution < 1.29 is 22.3 Å². The van der Waals surface area contributed by atoms with E-state index in [0.717, 1.165) is 25.1 Å². The predicted molar refractivity (Wildman–Crippen MR) is 117 cm³/mol. The van der Waals surface area contributed by atoms with E-state index in [-0.39, 0.29) is 29.0 Å². The third-order valence-electron chi connectivity index (χ3n) is 5.97. The van der Waals surface area contributed by atoms with Gasteiger partial charge in [-0.05, 0) is 42.2 Å². The second-order valence-corrected chi connectivity index (χ2v) is 14.8. The van der Waals surface area contributed by atoms with Gasteiger partial charge in [0.2, 0.25) is 0 Å². The Morgan fingerprint density at radius 3 is 2.43 bits per heavy atom. The van der Waals surface area contributed by atoms with Crippen molar-refractivity contribution >= 4 is 8.32 Å². The van der Waals surface area contributed by atoms with Crippen molar-refractivity contribution in [3.8, 4) is 5.75 Å². The van der Waals surface area contributed by atoms with E-state index in [1.165, 1.54) is 12.1 Å². The van der Waals surface area contributed by atoms with Gasteiger partial charge in [-0.3, -0.25) is 4.90 Å². The minimum Gasteiger partial charge on any atom is -0.413 e. The summed E-state index contributed by atoms with van der Waals surface area (Å²) in [6, 6.07) is 6.38. The number of hydrogen-bond donors (Lipinski definition) is 1. The average Bonchev–Trinajstić information content (AvgIpc) is 2.97. The molecule has 1 aromatic rings. The van der Waals surface area contributed by atoms with E-state index in [0.29, 0.717) is 6.54 Å². The molecule has 4 nitrogen and oxygen atoms in total. The molecule has 0 aromatic heterocycles. The van der Waals surface area contributed by atoms with Gasteiger partial charge in [0.15, 0.2) is 8.32 Å². The lowest BCUT2D eigenvalue weighted by Gasteiger charge is -2.38. The number of nitrogens with zero attached hydrogens (tertiary/aromatic N) is 1. The molecular formula is C22H37F3N2O2Si. The summed E-state index contributed by atoms with van der Waals surface area (Å²) in [5.41, 5.74) is 0.791. The standard InChI is InChI=1S/C22H37F3N2O2Si/c1-16(2)26-20(17-9-8-10-18(13-17)28-22(23,24)25)15-27-12-11-19(14-27)29-30(6,7)21(3,4)5/h8-10,13,16,19-20,26H,11-12,14-15H2,1-7H3/t19-,20-/m1/s1. The maximum absolute atomic E-state index is 12.6. The number of likely N-dealkylation sites (tertiary alicyclic amines) is 1. The molecule has 1 aliphatic heterocycles. The SMILES string of the molecule is CC(C)N[C@H](CN1CC[C@@H](O[Si](C)(C)C(C)(C)C)C1)c1cccc(OC(F)(F)F)c1. The normalized spacial score (nSPS) is 20.0. The Hall–Kier alpha value is -1.09. The summed E-state index contributed by atoms with van der Waals surface area (Å²) in [7, 11) is -1.83. The number of rotatable bonds is 8. The zero-order valence-electron chi connectivity index (χ0n) is 19.3. The van der Waals surface area contributed by atoms with Gasteiger partial charge in [-0.2, -0.15) is 0 Å². The largest absolute Gasteiger partial charge is 0.573 e. The van der Waals surface area contributed by atoms with E-state index in [1.807, 2.05) is 19.9 Å². The summed E-state index contributed by atoms with van der Waals surface area (Å²) in [5.74, 6) is -0.184. The maximum Gasteiger partial charge on any atom is 0.573 e. The van der Waals surface area contributed by atoms with Gasteiger partial charge in [0.1, 0.15) is 5.75 Å². The molecule has 1 aromatic carbocycles. The first kappa shape index (κ1) is 25.2. The Morgan fingerprint density at radius 2 is 1.87 bits per heavy atom. The summed E-state index contributed by atoms with van der Waals surface area (Å²) < 4.78 is 48.5. The fourth-order valence-electron chi connectivity index (χ4n) is 3.50. The van der Waals surface area contributed by atoms with Crippen LogP contribution < -0.4 is 10.1 Å². The van der Waals surface area contributed by atoms with Crippen LogP contribution in [0.25, 0.3) is 0 Å².